The molecule has 1 unspecified atom stereocenters. The van der Waals surface area contributed by atoms with E-state index in [-0.39, 0.29) is 19.1 Å². The molecule has 1 atom stereocenters. The molecule has 0 aromatic rings. The normalized spacial score (nSPS) is 23.5. The first-order valence-electron chi connectivity index (χ1n) is 2.75. The predicted molar refractivity (Wildman–Crippen MR) is 34.3 cm³/mol. The molecule has 1 aliphatic rings. The van der Waals surface area contributed by atoms with Gasteiger partial charge < -0.3 is 12.4 Å². The van der Waals surface area contributed by atoms with Gasteiger partial charge in [0.15, 0.2) is 6.67 Å². The summed E-state index contributed by atoms with van der Waals surface area (Å²) in [5, 5.41) is 0. The number of nitrogens with zero attached hydrogens (tertiary/aromatic N) is 1. The van der Waals surface area contributed by atoms with Crippen LogP contribution in [0, 0.1) is 0 Å². The highest BCUT2D eigenvalue weighted by molar-refractivity contribution is 7.83. The van der Waals surface area contributed by atoms with Crippen molar-refractivity contribution in [3.05, 3.63) is 12.4 Å². The molecular weight excluding hydrogens is 192 g/mol. The Balaban J connectivity index is 0.000001000. The van der Waals surface area contributed by atoms with E-state index in [1.54, 1.807) is 13.2 Å². The van der Waals surface area contributed by atoms with Crippen molar-refractivity contribution >= 4 is 10.3 Å². The van der Waals surface area contributed by atoms with Crippen LogP contribution >= 0.6 is 0 Å². The lowest BCUT2D eigenvalue weighted by Gasteiger charge is -2.09. The molecule has 0 fully saturated rings. The molecule has 0 amide bonds. The Morgan fingerprint density at radius 1 is 1.64 bits per heavy atom. The molecular formula is C4H9ClN2O3S. The monoisotopic (exact) mass is 200 g/mol. The third kappa shape index (κ3) is 2.66. The van der Waals surface area contributed by atoms with E-state index >= 15 is 0 Å². The minimum absolute atomic E-state index is 0. The number of halogens is 1. The van der Waals surface area contributed by atoms with Gasteiger partial charge in [0.05, 0.1) is 13.2 Å². The van der Waals surface area contributed by atoms with Crippen LogP contribution in [0.5, 0.6) is 0 Å². The standard InChI is InChI=1S/C4H8N2O3S.ClH/c1-5-2-3-6(4-5)10(7,8)9;/h2-3H,4H2,1H3,(H,7,8,9);1H. The number of rotatable bonds is 1. The van der Waals surface area contributed by atoms with Crippen molar-refractivity contribution in [1.29, 1.82) is 0 Å². The fourth-order valence-corrected chi connectivity index (χ4v) is 1.30. The molecule has 7 heteroatoms. The second kappa shape index (κ2) is 3.40. The van der Waals surface area contributed by atoms with Gasteiger partial charge in [-0.05, 0) is 0 Å². The van der Waals surface area contributed by atoms with Crippen LogP contribution in [0.3, 0.4) is 0 Å². The van der Waals surface area contributed by atoms with Gasteiger partial charge in [0.25, 0.3) is 0 Å². The summed E-state index contributed by atoms with van der Waals surface area (Å²) in [6.45, 7) is 0.263. The van der Waals surface area contributed by atoms with E-state index in [4.69, 9.17) is 4.55 Å². The van der Waals surface area contributed by atoms with E-state index < -0.39 is 10.3 Å². The van der Waals surface area contributed by atoms with Crippen molar-refractivity contribution in [3.63, 3.8) is 0 Å². The minimum atomic E-state index is -4.01. The number of hydrogen-bond acceptors (Lipinski definition) is 2. The number of quaternary nitrogens is 1. The van der Waals surface area contributed by atoms with E-state index in [9.17, 15) is 8.42 Å². The van der Waals surface area contributed by atoms with Gasteiger partial charge in [0.2, 0.25) is 0 Å². The van der Waals surface area contributed by atoms with Crippen LogP contribution < -0.4 is 17.3 Å². The Morgan fingerprint density at radius 3 is 2.36 bits per heavy atom. The van der Waals surface area contributed by atoms with Gasteiger partial charge in [-0.1, -0.05) is 0 Å². The molecule has 0 bridgehead atoms. The fraction of sp³-hybridized carbons (Fsp3) is 0.500. The van der Waals surface area contributed by atoms with Crippen LogP contribution in [0.4, 0.5) is 0 Å². The maximum absolute atomic E-state index is 10.4. The number of hydrogen-bond donors (Lipinski definition) is 2. The second-order valence-electron chi connectivity index (χ2n) is 2.19. The maximum atomic E-state index is 10.4. The van der Waals surface area contributed by atoms with Crippen molar-refractivity contribution in [3.8, 4) is 0 Å². The van der Waals surface area contributed by atoms with E-state index in [1.165, 1.54) is 6.20 Å². The first-order valence-corrected chi connectivity index (χ1v) is 4.15. The van der Waals surface area contributed by atoms with Gasteiger partial charge >= 0.3 is 10.3 Å². The highest BCUT2D eigenvalue weighted by atomic mass is 35.5. The van der Waals surface area contributed by atoms with Crippen LogP contribution in [0.1, 0.15) is 0 Å². The summed E-state index contributed by atoms with van der Waals surface area (Å²) >= 11 is 0. The fourth-order valence-electron chi connectivity index (χ4n) is 0.720. The van der Waals surface area contributed by atoms with Crippen molar-refractivity contribution in [2.24, 2.45) is 0 Å². The summed E-state index contributed by atoms with van der Waals surface area (Å²) in [7, 11) is -2.22. The summed E-state index contributed by atoms with van der Waals surface area (Å²) in [6, 6.07) is 0. The Hall–Kier alpha value is -0.300. The molecule has 0 aliphatic carbocycles. The smallest absolute Gasteiger partial charge is 0.364 e. The average molecular weight is 201 g/mol. The Kier molecular flexibility index (Phi) is 3.30. The molecule has 5 nitrogen and oxygen atoms in total. The maximum Gasteiger partial charge on any atom is 0.364 e. The third-order valence-corrected chi connectivity index (χ3v) is 2.07. The minimum Gasteiger partial charge on any atom is -1.00 e. The molecule has 1 heterocycles. The Labute approximate surface area is 71.6 Å². The molecule has 0 spiro atoms. The molecule has 0 saturated carbocycles. The molecule has 1 rings (SSSR count). The van der Waals surface area contributed by atoms with Crippen LogP contribution in [0.25, 0.3) is 0 Å². The number of nitrogens with one attached hydrogen (secondary N) is 1. The molecule has 0 radical (unpaired) electrons. The second-order valence-corrected chi connectivity index (χ2v) is 3.55. The topological polar surface area (TPSA) is 62.0 Å². The van der Waals surface area contributed by atoms with Gasteiger partial charge in [-0.25, -0.2) is 4.31 Å². The zero-order valence-electron chi connectivity index (χ0n) is 5.86. The van der Waals surface area contributed by atoms with E-state index in [0.717, 1.165) is 9.21 Å². The summed E-state index contributed by atoms with van der Waals surface area (Å²) in [5.74, 6) is 0. The van der Waals surface area contributed by atoms with E-state index in [2.05, 4.69) is 0 Å². The average Bonchev–Trinajstić information content (AvgIpc) is 2.11. The molecule has 0 aromatic heterocycles. The molecule has 1 aliphatic heterocycles. The summed E-state index contributed by atoms with van der Waals surface area (Å²) in [4.78, 5) is 0.914. The van der Waals surface area contributed by atoms with Crippen molar-refractivity contribution < 1.29 is 30.3 Å². The first-order chi connectivity index (χ1) is 4.50. The van der Waals surface area contributed by atoms with Crippen molar-refractivity contribution in [1.82, 2.24) is 4.31 Å². The zero-order valence-corrected chi connectivity index (χ0v) is 7.43. The lowest BCUT2D eigenvalue weighted by Crippen LogP contribution is -3.03. The third-order valence-electron chi connectivity index (χ3n) is 1.23. The molecule has 11 heavy (non-hydrogen) atoms. The highest BCUT2D eigenvalue weighted by Gasteiger charge is 2.22. The summed E-state index contributed by atoms with van der Waals surface area (Å²) in [6.07, 6.45) is 2.98. The van der Waals surface area contributed by atoms with Crippen molar-refractivity contribution in [2.75, 3.05) is 13.7 Å². The van der Waals surface area contributed by atoms with Crippen LogP contribution in [-0.4, -0.2) is 31.0 Å². The predicted octanol–water partition coefficient (Wildman–Crippen LogP) is -4.95. The van der Waals surface area contributed by atoms with Gasteiger partial charge in [0.1, 0.15) is 6.20 Å². The molecule has 0 saturated heterocycles. The van der Waals surface area contributed by atoms with Crippen molar-refractivity contribution in [2.45, 2.75) is 0 Å². The van der Waals surface area contributed by atoms with E-state index in [0.29, 0.717) is 0 Å². The van der Waals surface area contributed by atoms with Gasteiger partial charge in [0, 0.05) is 0 Å². The Morgan fingerprint density at radius 2 is 2.18 bits per heavy atom. The van der Waals surface area contributed by atoms with Gasteiger partial charge in [-0.15, -0.1) is 0 Å². The summed E-state index contributed by atoms with van der Waals surface area (Å²) in [5.41, 5.74) is 0. The van der Waals surface area contributed by atoms with Crippen LogP contribution in [0.2, 0.25) is 0 Å². The Bertz CT molecular complexity index is 250. The SMILES string of the molecule is C[NH+]1C=CN(S(=O)(=O)O)C1.[Cl-]. The summed E-state index contributed by atoms with van der Waals surface area (Å²) < 4.78 is 30.1. The quantitative estimate of drug-likeness (QED) is 0.417. The molecule has 0 aromatic carbocycles. The lowest BCUT2D eigenvalue weighted by molar-refractivity contribution is -0.824. The first kappa shape index (κ1) is 10.7. The largest absolute Gasteiger partial charge is 1.00 e. The molecule has 66 valence electrons. The van der Waals surface area contributed by atoms with Crippen LogP contribution in [-0.2, 0) is 10.3 Å². The van der Waals surface area contributed by atoms with Crippen LogP contribution in [0.15, 0.2) is 12.4 Å². The lowest BCUT2D eigenvalue weighted by atomic mass is 10.9. The highest BCUT2D eigenvalue weighted by Crippen LogP contribution is 1.96. The van der Waals surface area contributed by atoms with Gasteiger partial charge in [-0.3, -0.25) is 9.45 Å². The zero-order chi connectivity index (χ0) is 7.78. The van der Waals surface area contributed by atoms with E-state index in [1.807, 2.05) is 0 Å². The molecule has 2 N–H and O–H groups in total. The van der Waals surface area contributed by atoms with Gasteiger partial charge in [-0.2, -0.15) is 8.42 Å².